The van der Waals surface area contributed by atoms with Crippen molar-refractivity contribution in [1.82, 2.24) is 9.80 Å². The molecule has 1 aromatic carbocycles. The maximum Gasteiger partial charge on any atom is 0.290 e. The predicted molar refractivity (Wildman–Crippen MR) is 119 cm³/mol. The second-order valence-electron chi connectivity index (χ2n) is 7.89. The van der Waals surface area contributed by atoms with Crippen LogP contribution >= 0.6 is 0 Å². The van der Waals surface area contributed by atoms with Crippen LogP contribution in [0.4, 0.5) is 0 Å². The van der Waals surface area contributed by atoms with Crippen molar-refractivity contribution in [2.75, 3.05) is 53.6 Å². The van der Waals surface area contributed by atoms with Crippen LogP contribution in [-0.4, -0.2) is 80.2 Å². The van der Waals surface area contributed by atoms with Crippen molar-refractivity contribution in [3.05, 3.63) is 59.3 Å². The van der Waals surface area contributed by atoms with E-state index in [1.54, 1.807) is 24.3 Å². The average molecular weight is 456 g/mol. The van der Waals surface area contributed by atoms with Crippen LogP contribution < -0.4 is 9.47 Å². The molecule has 176 valence electrons. The van der Waals surface area contributed by atoms with E-state index in [-0.39, 0.29) is 11.3 Å². The topological polar surface area (TPSA) is 102 Å². The molecule has 0 spiro atoms. The van der Waals surface area contributed by atoms with Crippen molar-refractivity contribution < 1.29 is 33.3 Å². The molecule has 2 aromatic rings. The summed E-state index contributed by atoms with van der Waals surface area (Å²) in [6, 6.07) is 7.43. The Hall–Kier alpha value is -3.30. The molecule has 0 unspecified atom stereocenters. The molecular formula is C24H28N2O7. The molecular weight excluding hydrogens is 428 g/mol. The van der Waals surface area contributed by atoms with Gasteiger partial charge in [-0.25, -0.2) is 0 Å². The number of amides is 1. The lowest BCUT2D eigenvalue weighted by Gasteiger charge is -2.30. The monoisotopic (exact) mass is 456 g/mol. The Labute approximate surface area is 192 Å². The van der Waals surface area contributed by atoms with Gasteiger partial charge < -0.3 is 28.6 Å². The maximum absolute atomic E-state index is 13.3. The van der Waals surface area contributed by atoms with Gasteiger partial charge in [-0.3, -0.25) is 14.5 Å². The van der Waals surface area contributed by atoms with Gasteiger partial charge in [0.1, 0.15) is 11.5 Å². The van der Waals surface area contributed by atoms with Gasteiger partial charge in [0, 0.05) is 31.7 Å². The minimum atomic E-state index is -0.843. The molecule has 4 rings (SSSR count). The molecule has 3 heterocycles. The van der Waals surface area contributed by atoms with E-state index in [2.05, 4.69) is 4.90 Å². The number of carbonyl (C=O) groups excluding carboxylic acids is 2. The number of ether oxygens (including phenoxy) is 3. The summed E-state index contributed by atoms with van der Waals surface area (Å²) < 4.78 is 21.6. The number of hydrogen-bond donors (Lipinski definition) is 1. The van der Waals surface area contributed by atoms with Crippen LogP contribution in [0.2, 0.25) is 0 Å². The fourth-order valence-electron chi connectivity index (χ4n) is 4.32. The zero-order valence-corrected chi connectivity index (χ0v) is 18.8. The molecule has 2 aliphatic rings. The standard InChI is InChI=1S/C24H28N2O7/c1-30-16-6-7-18(31-2)17(15-16)21-20(22(27)19-5-3-12-33-19)23(28)24(29)26(21)9-4-8-25-10-13-32-14-11-25/h3,5-7,12,15,21,28H,4,8-11,13-14H2,1-2H3/t21-/m0/s1. The van der Waals surface area contributed by atoms with Crippen molar-refractivity contribution in [3.8, 4) is 11.5 Å². The average Bonchev–Trinajstić information content (AvgIpc) is 3.47. The molecule has 9 nitrogen and oxygen atoms in total. The molecule has 0 aliphatic carbocycles. The van der Waals surface area contributed by atoms with E-state index in [1.165, 1.54) is 31.4 Å². The highest BCUT2D eigenvalue weighted by molar-refractivity contribution is 6.15. The van der Waals surface area contributed by atoms with E-state index in [1.807, 2.05) is 0 Å². The molecule has 0 radical (unpaired) electrons. The Morgan fingerprint density at radius 2 is 1.94 bits per heavy atom. The Morgan fingerprint density at radius 1 is 1.15 bits per heavy atom. The maximum atomic E-state index is 13.3. The third-order valence-electron chi connectivity index (χ3n) is 6.00. The first kappa shape index (κ1) is 22.9. The molecule has 1 aromatic heterocycles. The quantitative estimate of drug-likeness (QED) is 0.575. The van der Waals surface area contributed by atoms with Crippen molar-refractivity contribution in [3.63, 3.8) is 0 Å². The summed E-state index contributed by atoms with van der Waals surface area (Å²) in [6.07, 6.45) is 2.05. The fraction of sp³-hybridized carbons (Fsp3) is 0.417. The number of morpholine rings is 1. The largest absolute Gasteiger partial charge is 0.503 e. The molecule has 1 saturated heterocycles. The second-order valence-corrected chi connectivity index (χ2v) is 7.89. The van der Waals surface area contributed by atoms with Crippen LogP contribution in [0.5, 0.6) is 11.5 Å². The second kappa shape index (κ2) is 10.1. The number of Topliss-reactive ketones (excluding diaryl/α,β-unsaturated/α-hetero) is 1. The summed E-state index contributed by atoms with van der Waals surface area (Å²) in [5.41, 5.74) is 0.517. The lowest BCUT2D eigenvalue weighted by atomic mass is 9.94. The normalized spacial score (nSPS) is 19.3. The van der Waals surface area contributed by atoms with Crippen LogP contribution in [0.1, 0.15) is 28.6 Å². The zero-order valence-electron chi connectivity index (χ0n) is 18.8. The van der Waals surface area contributed by atoms with Crippen molar-refractivity contribution in [1.29, 1.82) is 0 Å². The molecule has 0 saturated carbocycles. The van der Waals surface area contributed by atoms with Gasteiger partial charge in [-0.2, -0.15) is 0 Å². The number of carbonyl (C=O) groups is 2. The number of methoxy groups -OCH3 is 2. The Balaban J connectivity index is 1.68. The lowest BCUT2D eigenvalue weighted by Crippen LogP contribution is -2.39. The van der Waals surface area contributed by atoms with E-state index >= 15 is 0 Å². The fourth-order valence-corrected chi connectivity index (χ4v) is 4.32. The van der Waals surface area contributed by atoms with Gasteiger partial charge in [-0.1, -0.05) is 0 Å². The summed E-state index contributed by atoms with van der Waals surface area (Å²) >= 11 is 0. The summed E-state index contributed by atoms with van der Waals surface area (Å²) in [4.78, 5) is 30.2. The van der Waals surface area contributed by atoms with Crippen molar-refractivity contribution in [2.45, 2.75) is 12.5 Å². The van der Waals surface area contributed by atoms with E-state index in [0.29, 0.717) is 43.2 Å². The van der Waals surface area contributed by atoms with Crippen LogP contribution in [0, 0.1) is 0 Å². The van der Waals surface area contributed by atoms with Gasteiger partial charge in [0.15, 0.2) is 11.5 Å². The summed E-state index contributed by atoms with van der Waals surface area (Å²) in [6.45, 7) is 4.18. The number of nitrogens with zero attached hydrogens (tertiary/aromatic N) is 2. The van der Waals surface area contributed by atoms with E-state index in [9.17, 15) is 14.7 Å². The van der Waals surface area contributed by atoms with Crippen LogP contribution in [-0.2, 0) is 9.53 Å². The first-order chi connectivity index (χ1) is 16.0. The summed E-state index contributed by atoms with van der Waals surface area (Å²) in [5, 5.41) is 10.8. The Kier molecular flexibility index (Phi) is 7.00. The van der Waals surface area contributed by atoms with Gasteiger partial charge in [-0.05, 0) is 36.8 Å². The molecule has 9 heteroatoms. The smallest absolute Gasteiger partial charge is 0.290 e. The molecule has 2 aliphatic heterocycles. The third kappa shape index (κ3) is 4.60. The van der Waals surface area contributed by atoms with Gasteiger partial charge in [0.05, 0.1) is 45.3 Å². The molecule has 0 bridgehead atoms. The minimum absolute atomic E-state index is 0.0344. The SMILES string of the molecule is COc1ccc(OC)c([C@H]2C(C(=O)c3ccco3)=C(O)C(=O)N2CCCN2CCOCC2)c1. The summed E-state index contributed by atoms with van der Waals surface area (Å²) in [5.74, 6) is -0.642. The minimum Gasteiger partial charge on any atom is -0.503 e. The van der Waals surface area contributed by atoms with Crippen LogP contribution in [0.15, 0.2) is 52.3 Å². The summed E-state index contributed by atoms with van der Waals surface area (Å²) in [7, 11) is 3.05. The van der Waals surface area contributed by atoms with E-state index in [0.717, 1.165) is 19.6 Å². The predicted octanol–water partition coefficient (Wildman–Crippen LogP) is 2.60. The van der Waals surface area contributed by atoms with Crippen LogP contribution in [0.3, 0.4) is 0 Å². The zero-order chi connectivity index (χ0) is 23.4. The number of aliphatic hydroxyl groups is 1. The van der Waals surface area contributed by atoms with Crippen LogP contribution in [0.25, 0.3) is 0 Å². The number of aliphatic hydroxyl groups excluding tert-OH is 1. The molecule has 1 N–H and O–H groups in total. The highest BCUT2D eigenvalue weighted by Gasteiger charge is 2.45. The Bertz CT molecular complexity index is 1030. The van der Waals surface area contributed by atoms with Gasteiger partial charge in [0.2, 0.25) is 5.78 Å². The van der Waals surface area contributed by atoms with Crippen molar-refractivity contribution >= 4 is 11.7 Å². The number of furan rings is 1. The molecule has 1 atom stereocenters. The third-order valence-corrected chi connectivity index (χ3v) is 6.00. The Morgan fingerprint density at radius 3 is 2.61 bits per heavy atom. The lowest BCUT2D eigenvalue weighted by molar-refractivity contribution is -0.129. The van der Waals surface area contributed by atoms with Gasteiger partial charge in [0.25, 0.3) is 5.91 Å². The van der Waals surface area contributed by atoms with E-state index < -0.39 is 23.5 Å². The van der Waals surface area contributed by atoms with Crippen molar-refractivity contribution in [2.24, 2.45) is 0 Å². The number of rotatable bonds is 9. The van der Waals surface area contributed by atoms with Gasteiger partial charge >= 0.3 is 0 Å². The number of hydrogen-bond acceptors (Lipinski definition) is 8. The highest BCUT2D eigenvalue weighted by Crippen LogP contribution is 2.43. The first-order valence-corrected chi connectivity index (χ1v) is 10.9. The molecule has 1 amide bonds. The number of benzene rings is 1. The molecule has 33 heavy (non-hydrogen) atoms. The van der Waals surface area contributed by atoms with E-state index in [4.69, 9.17) is 18.6 Å². The highest BCUT2D eigenvalue weighted by atomic mass is 16.5. The molecule has 1 fully saturated rings. The first-order valence-electron chi connectivity index (χ1n) is 10.9. The van der Waals surface area contributed by atoms with Gasteiger partial charge in [-0.15, -0.1) is 0 Å². The number of ketones is 1.